The topological polar surface area (TPSA) is 48.8 Å². The number of benzene rings is 2. The molecule has 0 amide bonds. The molecule has 198 valence electrons. The van der Waals surface area contributed by atoms with Gasteiger partial charge in [0.15, 0.2) is 6.10 Å². The number of aliphatic hydroxyl groups is 1. The Morgan fingerprint density at radius 3 is 2.35 bits per heavy atom. The standard InChI is InChI=1S/C26H25F6N3O2/c1-2-37-24-12-6-9-19(33-24)14-34-15-22(17-7-5-8-18(13-17)25(27,28)29)35(16-23(36)26(30,31)32)21-11-4-3-10-20(21)34/h3-13,22-23,36H,2,14-16H2,1H3. The SMILES string of the molecule is CCOc1cccc(CN2CC(c3cccc(C(F)(F)F)c3)N(CC(O)C(F)(F)F)c3ccccc32)n1. The molecule has 0 bridgehead atoms. The van der Waals surface area contributed by atoms with Crippen LogP contribution in [0.4, 0.5) is 37.7 Å². The van der Waals surface area contributed by atoms with Gasteiger partial charge in [-0.25, -0.2) is 4.98 Å². The number of aliphatic hydroxyl groups excluding tert-OH is 1. The van der Waals surface area contributed by atoms with Crippen molar-refractivity contribution in [2.45, 2.75) is 38.0 Å². The summed E-state index contributed by atoms with van der Waals surface area (Å²) in [4.78, 5) is 7.64. The number of nitrogens with zero attached hydrogens (tertiary/aromatic N) is 3. The van der Waals surface area contributed by atoms with Gasteiger partial charge in [0.25, 0.3) is 0 Å². The van der Waals surface area contributed by atoms with Gasteiger partial charge in [0, 0.05) is 12.6 Å². The molecule has 1 N–H and O–H groups in total. The number of β-amino-alcohol motifs (C(OH)–C–C–N with tert-alkyl or cyclic N) is 1. The third-order valence-corrected chi connectivity index (χ3v) is 6.07. The van der Waals surface area contributed by atoms with Gasteiger partial charge in [-0.15, -0.1) is 0 Å². The van der Waals surface area contributed by atoms with Crippen LogP contribution in [0.2, 0.25) is 0 Å². The molecule has 2 atom stereocenters. The Hall–Kier alpha value is -3.47. The highest BCUT2D eigenvalue weighted by Gasteiger charge is 2.43. The Labute approximate surface area is 209 Å². The van der Waals surface area contributed by atoms with Crippen molar-refractivity contribution in [2.24, 2.45) is 0 Å². The van der Waals surface area contributed by atoms with Crippen molar-refractivity contribution in [1.29, 1.82) is 0 Å². The quantitative estimate of drug-likeness (QED) is 0.384. The van der Waals surface area contributed by atoms with Crippen molar-refractivity contribution in [2.75, 3.05) is 29.5 Å². The summed E-state index contributed by atoms with van der Waals surface area (Å²) in [5, 5.41) is 9.91. The molecular formula is C26H25F6N3O2. The van der Waals surface area contributed by atoms with Gasteiger partial charge >= 0.3 is 12.4 Å². The lowest BCUT2D eigenvalue weighted by Gasteiger charge is -2.45. The number of hydrogen-bond donors (Lipinski definition) is 1. The molecule has 2 aromatic carbocycles. The number of para-hydroxylation sites is 2. The molecule has 0 fully saturated rings. The number of aromatic nitrogens is 1. The van der Waals surface area contributed by atoms with E-state index in [0.29, 0.717) is 29.6 Å². The van der Waals surface area contributed by atoms with Crippen molar-refractivity contribution in [3.8, 4) is 5.88 Å². The summed E-state index contributed by atoms with van der Waals surface area (Å²) in [6, 6.07) is 15.5. The van der Waals surface area contributed by atoms with Gasteiger partial charge in [-0.1, -0.05) is 30.3 Å². The average molecular weight is 525 g/mol. The Morgan fingerprint density at radius 1 is 0.973 bits per heavy atom. The van der Waals surface area contributed by atoms with Gasteiger partial charge in [-0.05, 0) is 42.8 Å². The van der Waals surface area contributed by atoms with E-state index >= 15 is 0 Å². The molecule has 0 aliphatic carbocycles. The van der Waals surface area contributed by atoms with E-state index in [9.17, 15) is 31.4 Å². The predicted octanol–water partition coefficient (Wildman–Crippen LogP) is 5.99. The summed E-state index contributed by atoms with van der Waals surface area (Å²) in [5.41, 5.74) is 0.828. The molecule has 1 aromatic heterocycles. The highest BCUT2D eigenvalue weighted by Crippen LogP contribution is 2.43. The van der Waals surface area contributed by atoms with Crippen LogP contribution in [0.25, 0.3) is 0 Å². The fourth-order valence-electron chi connectivity index (χ4n) is 4.39. The number of halogens is 6. The Morgan fingerprint density at radius 2 is 1.68 bits per heavy atom. The zero-order chi connectivity index (χ0) is 26.8. The normalized spacial score (nSPS) is 16.9. The Balaban J connectivity index is 1.78. The third-order valence-electron chi connectivity index (χ3n) is 6.07. The zero-order valence-corrected chi connectivity index (χ0v) is 19.8. The molecule has 2 unspecified atom stereocenters. The number of pyridine rings is 1. The van der Waals surface area contributed by atoms with Crippen LogP contribution in [-0.4, -0.2) is 42.1 Å². The van der Waals surface area contributed by atoms with Crippen LogP contribution in [0.5, 0.6) is 5.88 Å². The second kappa shape index (κ2) is 10.5. The lowest BCUT2D eigenvalue weighted by atomic mass is 9.97. The highest BCUT2D eigenvalue weighted by molar-refractivity contribution is 5.74. The predicted molar refractivity (Wildman–Crippen MR) is 126 cm³/mol. The van der Waals surface area contributed by atoms with Crippen molar-refractivity contribution in [3.63, 3.8) is 0 Å². The smallest absolute Gasteiger partial charge is 0.416 e. The molecule has 0 saturated carbocycles. The number of ether oxygens (including phenoxy) is 1. The Kier molecular flexibility index (Phi) is 7.54. The van der Waals surface area contributed by atoms with Gasteiger partial charge < -0.3 is 19.6 Å². The lowest BCUT2D eigenvalue weighted by molar-refractivity contribution is -0.200. The largest absolute Gasteiger partial charge is 0.478 e. The van der Waals surface area contributed by atoms with Crippen LogP contribution in [0.1, 0.15) is 29.8 Å². The van der Waals surface area contributed by atoms with E-state index in [1.165, 1.54) is 17.0 Å². The number of alkyl halides is 6. The molecule has 0 saturated heterocycles. The molecule has 1 aliphatic heterocycles. The monoisotopic (exact) mass is 525 g/mol. The first kappa shape index (κ1) is 26.6. The summed E-state index contributed by atoms with van der Waals surface area (Å²) >= 11 is 0. The minimum atomic E-state index is -4.89. The number of hydrogen-bond acceptors (Lipinski definition) is 5. The summed E-state index contributed by atoms with van der Waals surface area (Å²) in [7, 11) is 0. The van der Waals surface area contributed by atoms with Gasteiger partial charge in [0.05, 0.1) is 48.4 Å². The molecule has 0 radical (unpaired) electrons. The van der Waals surface area contributed by atoms with Crippen LogP contribution in [0.15, 0.2) is 66.7 Å². The van der Waals surface area contributed by atoms with E-state index < -0.39 is 36.6 Å². The van der Waals surface area contributed by atoms with E-state index in [1.54, 1.807) is 42.5 Å². The van der Waals surface area contributed by atoms with Crippen molar-refractivity contribution >= 4 is 11.4 Å². The van der Waals surface area contributed by atoms with Crippen molar-refractivity contribution in [3.05, 3.63) is 83.6 Å². The van der Waals surface area contributed by atoms with Crippen LogP contribution >= 0.6 is 0 Å². The molecule has 1 aliphatic rings. The zero-order valence-electron chi connectivity index (χ0n) is 19.8. The Bertz CT molecular complexity index is 1220. The van der Waals surface area contributed by atoms with Gasteiger partial charge in [-0.2, -0.15) is 26.3 Å². The molecule has 4 rings (SSSR count). The fraction of sp³-hybridized carbons (Fsp3) is 0.346. The summed E-state index contributed by atoms with van der Waals surface area (Å²) < 4.78 is 85.9. The maximum atomic E-state index is 13.5. The van der Waals surface area contributed by atoms with Crippen molar-refractivity contribution < 1.29 is 36.2 Å². The molecule has 11 heteroatoms. The lowest BCUT2D eigenvalue weighted by Crippen LogP contribution is -2.49. The van der Waals surface area contributed by atoms with Gasteiger partial charge in [-0.3, -0.25) is 0 Å². The first-order valence-electron chi connectivity index (χ1n) is 11.6. The molecule has 2 heterocycles. The first-order chi connectivity index (χ1) is 17.5. The maximum Gasteiger partial charge on any atom is 0.416 e. The number of fused-ring (bicyclic) bond motifs is 1. The van der Waals surface area contributed by atoms with E-state index in [4.69, 9.17) is 4.74 Å². The van der Waals surface area contributed by atoms with E-state index in [0.717, 1.165) is 12.1 Å². The minimum Gasteiger partial charge on any atom is -0.478 e. The third kappa shape index (κ3) is 6.10. The van der Waals surface area contributed by atoms with Crippen LogP contribution < -0.4 is 14.5 Å². The van der Waals surface area contributed by atoms with E-state index in [1.807, 2.05) is 11.8 Å². The molecule has 0 spiro atoms. The minimum absolute atomic E-state index is 0.0590. The van der Waals surface area contributed by atoms with Crippen LogP contribution in [0, 0.1) is 0 Å². The molecule has 37 heavy (non-hydrogen) atoms. The molecular weight excluding hydrogens is 500 g/mol. The summed E-state index contributed by atoms with van der Waals surface area (Å²) in [6.07, 6.45) is -12.2. The fourth-order valence-corrected chi connectivity index (χ4v) is 4.39. The number of rotatable bonds is 7. The first-order valence-corrected chi connectivity index (χ1v) is 11.6. The summed E-state index contributed by atoms with van der Waals surface area (Å²) in [5.74, 6) is 0.412. The number of anilines is 2. The molecule has 5 nitrogen and oxygen atoms in total. The maximum absolute atomic E-state index is 13.5. The van der Waals surface area contributed by atoms with Gasteiger partial charge in [0.2, 0.25) is 5.88 Å². The van der Waals surface area contributed by atoms with E-state index in [2.05, 4.69) is 4.98 Å². The van der Waals surface area contributed by atoms with Gasteiger partial charge in [0.1, 0.15) is 0 Å². The summed E-state index contributed by atoms with van der Waals surface area (Å²) in [6.45, 7) is 1.69. The second-order valence-electron chi connectivity index (χ2n) is 8.62. The molecule has 3 aromatic rings. The highest BCUT2D eigenvalue weighted by atomic mass is 19.4. The van der Waals surface area contributed by atoms with Crippen LogP contribution in [-0.2, 0) is 12.7 Å². The second-order valence-corrected chi connectivity index (χ2v) is 8.62. The van der Waals surface area contributed by atoms with Crippen molar-refractivity contribution in [1.82, 2.24) is 4.98 Å². The van der Waals surface area contributed by atoms with E-state index in [-0.39, 0.29) is 18.7 Å². The van der Waals surface area contributed by atoms with Crippen LogP contribution in [0.3, 0.4) is 0 Å². The average Bonchev–Trinajstić information content (AvgIpc) is 2.85.